The van der Waals surface area contributed by atoms with Crippen LogP contribution in [-0.4, -0.2) is 6.61 Å². The van der Waals surface area contributed by atoms with Gasteiger partial charge in [0.05, 0.1) is 0 Å². The second-order valence-corrected chi connectivity index (χ2v) is 10.3. The van der Waals surface area contributed by atoms with Crippen molar-refractivity contribution in [2.45, 2.75) is 77.7 Å². The summed E-state index contributed by atoms with van der Waals surface area (Å²) >= 11 is 0. The second kappa shape index (κ2) is 13.0. The van der Waals surface area contributed by atoms with Gasteiger partial charge in [-0.05, 0) is 68.2 Å². The van der Waals surface area contributed by atoms with Crippen molar-refractivity contribution in [1.29, 1.82) is 0 Å². The van der Waals surface area contributed by atoms with E-state index in [-0.39, 0.29) is 22.4 Å². The number of halogens is 7. The van der Waals surface area contributed by atoms with Crippen LogP contribution in [0.3, 0.4) is 0 Å². The molecule has 0 amide bonds. The Balaban J connectivity index is 1.70. The average molecular weight is 569 g/mol. The van der Waals surface area contributed by atoms with Crippen LogP contribution >= 0.6 is 0 Å². The lowest BCUT2D eigenvalue weighted by atomic mass is 9.76. The third-order valence-corrected chi connectivity index (χ3v) is 7.62. The van der Waals surface area contributed by atoms with Crippen LogP contribution in [0.25, 0.3) is 11.1 Å². The minimum absolute atomic E-state index is 0.0799. The summed E-state index contributed by atoms with van der Waals surface area (Å²) in [7, 11) is 0. The zero-order valence-electron chi connectivity index (χ0n) is 22.3. The van der Waals surface area contributed by atoms with Gasteiger partial charge in [0.1, 0.15) is 5.75 Å². The Bertz CT molecular complexity index is 1310. The normalized spacial score (nSPS) is 17.4. The van der Waals surface area contributed by atoms with Crippen LogP contribution in [0.5, 0.6) is 17.2 Å². The second-order valence-electron chi connectivity index (χ2n) is 10.3. The van der Waals surface area contributed by atoms with Crippen molar-refractivity contribution in [3.8, 4) is 28.4 Å². The lowest BCUT2D eigenvalue weighted by molar-refractivity contribution is -0.0546. The maximum absolute atomic E-state index is 15.5. The van der Waals surface area contributed by atoms with E-state index in [9.17, 15) is 22.0 Å². The van der Waals surface area contributed by atoms with Crippen molar-refractivity contribution in [3.63, 3.8) is 0 Å². The first-order valence-electron chi connectivity index (χ1n) is 13.5. The van der Waals surface area contributed by atoms with E-state index in [1.807, 2.05) is 0 Å². The zero-order chi connectivity index (χ0) is 29.0. The molecule has 0 radical (unpaired) electrons. The van der Waals surface area contributed by atoms with Crippen molar-refractivity contribution in [2.75, 3.05) is 0 Å². The number of unbranched alkanes of at least 4 members (excludes halogenated alkanes) is 2. The third kappa shape index (κ3) is 6.39. The smallest absolute Gasteiger partial charge is 0.387 e. The fourth-order valence-corrected chi connectivity index (χ4v) is 5.48. The van der Waals surface area contributed by atoms with E-state index in [0.29, 0.717) is 18.8 Å². The summed E-state index contributed by atoms with van der Waals surface area (Å²) in [5, 5.41) is 0. The van der Waals surface area contributed by atoms with Gasteiger partial charge in [0.2, 0.25) is 0 Å². The molecule has 1 saturated carbocycles. The number of ether oxygens (including phenoxy) is 2. The minimum atomic E-state index is -3.44. The highest BCUT2D eigenvalue weighted by atomic mass is 19.3. The van der Waals surface area contributed by atoms with Crippen molar-refractivity contribution >= 4 is 0 Å². The molecule has 1 aliphatic rings. The first-order valence-corrected chi connectivity index (χ1v) is 13.5. The van der Waals surface area contributed by atoms with Gasteiger partial charge in [-0.2, -0.15) is 8.78 Å². The fourth-order valence-electron chi connectivity index (χ4n) is 5.48. The van der Waals surface area contributed by atoms with Crippen LogP contribution in [0.1, 0.15) is 75.3 Å². The van der Waals surface area contributed by atoms with Crippen molar-refractivity contribution in [2.24, 2.45) is 5.92 Å². The Morgan fingerprint density at radius 3 is 2.10 bits per heavy atom. The SMILES string of the molecule is CCCCC[C@H]1CC[C@H](c2c(F)c(F)c(C)c(F)c2Oc2ccccc2-c2cc(F)c(OC(F)F)c(F)c2)CC1. The molecule has 0 atom stereocenters. The number of hydrogen-bond donors (Lipinski definition) is 0. The van der Waals surface area contributed by atoms with E-state index >= 15 is 8.78 Å². The molecule has 0 spiro atoms. The summed E-state index contributed by atoms with van der Waals surface area (Å²) in [6.07, 6.45) is 7.08. The molecule has 0 saturated heterocycles. The van der Waals surface area contributed by atoms with Gasteiger partial charge < -0.3 is 9.47 Å². The number of benzene rings is 3. The van der Waals surface area contributed by atoms with Gasteiger partial charge in [-0.25, -0.2) is 22.0 Å². The predicted octanol–water partition coefficient (Wildman–Crippen LogP) is 10.6. The quantitative estimate of drug-likeness (QED) is 0.138. The number of rotatable bonds is 10. The number of hydrogen-bond acceptors (Lipinski definition) is 2. The highest BCUT2D eigenvalue weighted by Crippen LogP contribution is 2.47. The van der Waals surface area contributed by atoms with E-state index in [0.717, 1.165) is 57.6 Å². The van der Waals surface area contributed by atoms with Crippen LogP contribution in [0, 0.1) is 41.9 Å². The molecule has 4 rings (SSSR count). The Morgan fingerprint density at radius 2 is 1.48 bits per heavy atom. The maximum atomic E-state index is 15.5. The third-order valence-electron chi connectivity index (χ3n) is 7.62. The molecule has 3 aromatic rings. The van der Waals surface area contributed by atoms with E-state index in [1.165, 1.54) is 24.3 Å². The summed E-state index contributed by atoms with van der Waals surface area (Å²) in [4.78, 5) is 0. The predicted molar refractivity (Wildman–Crippen MR) is 138 cm³/mol. The van der Waals surface area contributed by atoms with Crippen molar-refractivity contribution in [3.05, 3.63) is 76.6 Å². The summed E-state index contributed by atoms with van der Waals surface area (Å²) in [5.74, 6) is -8.08. The van der Waals surface area contributed by atoms with Crippen molar-refractivity contribution in [1.82, 2.24) is 0 Å². The maximum Gasteiger partial charge on any atom is 0.387 e. The Morgan fingerprint density at radius 1 is 0.825 bits per heavy atom. The summed E-state index contributed by atoms with van der Waals surface area (Å²) in [6.45, 7) is -0.202. The highest BCUT2D eigenvalue weighted by molar-refractivity contribution is 5.72. The van der Waals surface area contributed by atoms with Gasteiger partial charge in [0.15, 0.2) is 40.6 Å². The highest BCUT2D eigenvalue weighted by Gasteiger charge is 2.33. The van der Waals surface area contributed by atoms with Crippen LogP contribution < -0.4 is 9.47 Å². The van der Waals surface area contributed by atoms with Gasteiger partial charge in [0, 0.05) is 16.7 Å². The molecule has 0 bridgehead atoms. The number of para-hydroxylation sites is 1. The molecule has 0 aliphatic heterocycles. The monoisotopic (exact) mass is 568 g/mol. The summed E-state index contributed by atoms with van der Waals surface area (Å²) in [6, 6.07) is 7.40. The zero-order valence-corrected chi connectivity index (χ0v) is 22.3. The van der Waals surface area contributed by atoms with Crippen LogP contribution in [0.2, 0.25) is 0 Å². The molecule has 3 aromatic carbocycles. The minimum Gasteiger partial charge on any atom is -0.453 e. The molecule has 216 valence electrons. The molecule has 0 unspecified atom stereocenters. The van der Waals surface area contributed by atoms with Crippen LogP contribution in [0.15, 0.2) is 36.4 Å². The topological polar surface area (TPSA) is 18.5 Å². The Hall–Kier alpha value is -3.23. The van der Waals surface area contributed by atoms with Crippen LogP contribution in [-0.2, 0) is 0 Å². The average Bonchev–Trinajstić information content (AvgIpc) is 2.93. The largest absolute Gasteiger partial charge is 0.453 e. The summed E-state index contributed by atoms with van der Waals surface area (Å²) in [5.41, 5.74) is -0.773. The lowest BCUT2D eigenvalue weighted by Gasteiger charge is -2.30. The number of alkyl halides is 2. The van der Waals surface area contributed by atoms with E-state index in [2.05, 4.69) is 11.7 Å². The van der Waals surface area contributed by atoms with Crippen LogP contribution in [0.4, 0.5) is 30.7 Å². The lowest BCUT2D eigenvalue weighted by Crippen LogP contribution is -2.17. The molecule has 0 N–H and O–H groups in total. The molecule has 1 aliphatic carbocycles. The Labute approximate surface area is 229 Å². The van der Waals surface area contributed by atoms with Gasteiger partial charge in [0.25, 0.3) is 0 Å². The molecule has 0 heterocycles. The molecule has 1 fully saturated rings. The van der Waals surface area contributed by atoms with Gasteiger partial charge >= 0.3 is 6.61 Å². The fraction of sp³-hybridized carbons (Fsp3) is 0.419. The van der Waals surface area contributed by atoms with Crippen molar-refractivity contribution < 1.29 is 40.2 Å². The standard InChI is InChI=1S/C31H31F7O2/c1-3-4-5-8-18-11-13-19(14-12-18)25-28(36)26(34)17(2)27(35)30(25)39-24-10-7-6-9-21(24)20-15-22(32)29(23(33)16-20)40-31(37)38/h6-7,9-10,15-16,18-19,31H,3-5,8,11-14H2,1-2H3/t18-,19-. The molecule has 2 nitrogen and oxygen atoms in total. The first kappa shape index (κ1) is 29.7. The molecular formula is C31H31F7O2. The molecule has 40 heavy (non-hydrogen) atoms. The Kier molecular flexibility index (Phi) is 9.64. The molecular weight excluding hydrogens is 537 g/mol. The van der Waals surface area contributed by atoms with E-state index in [1.54, 1.807) is 0 Å². The van der Waals surface area contributed by atoms with Gasteiger partial charge in [-0.1, -0.05) is 50.8 Å². The van der Waals surface area contributed by atoms with Gasteiger partial charge in [-0.15, -0.1) is 0 Å². The van der Waals surface area contributed by atoms with Gasteiger partial charge in [-0.3, -0.25) is 0 Å². The molecule has 0 aromatic heterocycles. The van der Waals surface area contributed by atoms with E-state index in [4.69, 9.17) is 4.74 Å². The summed E-state index contributed by atoms with van der Waals surface area (Å²) < 4.78 is 110. The molecule has 9 heteroatoms. The van der Waals surface area contributed by atoms with E-state index < -0.39 is 58.7 Å². The first-order chi connectivity index (χ1) is 19.1.